The average Bonchev–Trinajstić information content (AvgIpc) is 3.04. The summed E-state index contributed by atoms with van der Waals surface area (Å²) in [6, 6.07) is 3.46. The summed E-state index contributed by atoms with van der Waals surface area (Å²) < 4.78 is 34.2. The van der Waals surface area contributed by atoms with Crippen molar-refractivity contribution in [2.24, 2.45) is 0 Å². The number of ether oxygens (including phenoxy) is 2. The monoisotopic (exact) mass is 371 g/mol. The van der Waals surface area contributed by atoms with E-state index >= 15 is 0 Å². The number of hydrogen-bond donors (Lipinski definition) is 2. The SMILES string of the molecule is CC(OCC1CCCO1)C(=O)Nc1cc(C(=O)O)cc(S(C)(=O)=O)c1. The number of carbonyl (C=O) groups excluding carboxylic acids is 1. The van der Waals surface area contributed by atoms with Crippen LogP contribution in [0, 0.1) is 0 Å². The van der Waals surface area contributed by atoms with Crippen LogP contribution in [0.25, 0.3) is 0 Å². The minimum absolute atomic E-state index is 0.0255. The zero-order chi connectivity index (χ0) is 18.6. The maximum absolute atomic E-state index is 12.2. The average molecular weight is 371 g/mol. The molecule has 0 saturated carbocycles. The van der Waals surface area contributed by atoms with Gasteiger partial charge in [-0.1, -0.05) is 0 Å². The van der Waals surface area contributed by atoms with Crippen LogP contribution >= 0.6 is 0 Å². The quantitative estimate of drug-likeness (QED) is 0.741. The second-order valence-corrected chi connectivity index (χ2v) is 7.94. The Hall–Kier alpha value is -1.97. The summed E-state index contributed by atoms with van der Waals surface area (Å²) in [6.45, 7) is 2.53. The summed E-state index contributed by atoms with van der Waals surface area (Å²) in [5, 5.41) is 11.6. The van der Waals surface area contributed by atoms with Crippen LogP contribution in [-0.2, 0) is 24.1 Å². The van der Waals surface area contributed by atoms with Crippen molar-refractivity contribution in [3.05, 3.63) is 23.8 Å². The molecule has 1 amide bonds. The van der Waals surface area contributed by atoms with Gasteiger partial charge < -0.3 is 19.9 Å². The Labute approximate surface area is 146 Å². The molecule has 1 saturated heterocycles. The van der Waals surface area contributed by atoms with Crippen LogP contribution < -0.4 is 5.32 Å². The van der Waals surface area contributed by atoms with Crippen LogP contribution in [0.2, 0.25) is 0 Å². The number of hydrogen-bond acceptors (Lipinski definition) is 6. The van der Waals surface area contributed by atoms with Crippen molar-refractivity contribution < 1.29 is 32.6 Å². The molecule has 2 unspecified atom stereocenters. The lowest BCUT2D eigenvalue weighted by molar-refractivity contribution is -0.128. The van der Waals surface area contributed by atoms with Gasteiger partial charge in [-0.2, -0.15) is 0 Å². The van der Waals surface area contributed by atoms with E-state index in [4.69, 9.17) is 14.6 Å². The number of rotatable bonds is 7. The Morgan fingerprint density at radius 1 is 1.40 bits per heavy atom. The topological polar surface area (TPSA) is 119 Å². The molecule has 1 heterocycles. The molecule has 2 N–H and O–H groups in total. The van der Waals surface area contributed by atoms with Gasteiger partial charge >= 0.3 is 5.97 Å². The molecule has 0 aromatic heterocycles. The van der Waals surface area contributed by atoms with E-state index in [2.05, 4.69) is 5.32 Å². The highest BCUT2D eigenvalue weighted by Crippen LogP contribution is 2.20. The van der Waals surface area contributed by atoms with Crippen LogP contribution in [-0.4, -0.2) is 57.1 Å². The molecule has 0 radical (unpaired) electrons. The number of nitrogens with one attached hydrogen (secondary N) is 1. The summed E-state index contributed by atoms with van der Waals surface area (Å²) in [5.74, 6) is -1.79. The fraction of sp³-hybridized carbons (Fsp3) is 0.500. The Balaban J connectivity index is 2.08. The van der Waals surface area contributed by atoms with E-state index in [9.17, 15) is 18.0 Å². The molecule has 25 heavy (non-hydrogen) atoms. The van der Waals surface area contributed by atoms with Gasteiger partial charge in [-0.3, -0.25) is 4.79 Å². The lowest BCUT2D eigenvalue weighted by Gasteiger charge is -2.16. The molecule has 8 nitrogen and oxygen atoms in total. The maximum Gasteiger partial charge on any atom is 0.335 e. The molecule has 1 aromatic carbocycles. The molecule has 2 atom stereocenters. The molecule has 0 aliphatic carbocycles. The Morgan fingerprint density at radius 3 is 2.68 bits per heavy atom. The highest BCUT2D eigenvalue weighted by molar-refractivity contribution is 7.90. The third kappa shape index (κ3) is 5.52. The number of sulfone groups is 1. The van der Waals surface area contributed by atoms with E-state index < -0.39 is 27.8 Å². The first-order valence-corrected chi connectivity index (χ1v) is 9.68. The molecular formula is C16H21NO7S. The Bertz CT molecular complexity index is 754. The van der Waals surface area contributed by atoms with Gasteiger partial charge in [0.2, 0.25) is 0 Å². The fourth-order valence-corrected chi connectivity index (χ4v) is 3.04. The molecule has 1 aromatic rings. The summed E-state index contributed by atoms with van der Waals surface area (Å²) in [4.78, 5) is 23.2. The molecule has 138 valence electrons. The van der Waals surface area contributed by atoms with Crippen molar-refractivity contribution >= 4 is 27.4 Å². The van der Waals surface area contributed by atoms with Gasteiger partial charge in [0, 0.05) is 18.6 Å². The fourth-order valence-electron chi connectivity index (χ4n) is 2.36. The first kappa shape index (κ1) is 19.4. The number of carboxylic acid groups (broad SMARTS) is 1. The number of aromatic carboxylic acids is 1. The predicted octanol–water partition coefficient (Wildman–Crippen LogP) is 1.31. The number of carboxylic acids is 1. The van der Waals surface area contributed by atoms with Crippen molar-refractivity contribution in [3.8, 4) is 0 Å². The first-order chi connectivity index (χ1) is 11.7. The van der Waals surface area contributed by atoms with Crippen LogP contribution in [0.1, 0.15) is 30.1 Å². The van der Waals surface area contributed by atoms with Gasteiger partial charge in [0.15, 0.2) is 9.84 Å². The molecule has 2 rings (SSSR count). The lowest BCUT2D eigenvalue weighted by atomic mass is 10.2. The summed E-state index contributed by atoms with van der Waals surface area (Å²) in [6.07, 6.45) is 1.99. The summed E-state index contributed by atoms with van der Waals surface area (Å²) >= 11 is 0. The van der Waals surface area contributed by atoms with Crippen molar-refractivity contribution in [1.82, 2.24) is 0 Å². The zero-order valence-electron chi connectivity index (χ0n) is 14.0. The molecule has 0 spiro atoms. The second-order valence-electron chi connectivity index (χ2n) is 5.92. The van der Waals surface area contributed by atoms with Crippen molar-refractivity contribution in [3.63, 3.8) is 0 Å². The van der Waals surface area contributed by atoms with Crippen LogP contribution in [0.5, 0.6) is 0 Å². The maximum atomic E-state index is 12.2. The van der Waals surface area contributed by atoms with Crippen molar-refractivity contribution in [2.45, 2.75) is 36.9 Å². The second kappa shape index (κ2) is 7.94. The Kier molecular flexibility index (Phi) is 6.15. The van der Waals surface area contributed by atoms with Gasteiger partial charge in [-0.25, -0.2) is 13.2 Å². The third-order valence-corrected chi connectivity index (χ3v) is 4.87. The van der Waals surface area contributed by atoms with Crippen LogP contribution in [0.3, 0.4) is 0 Å². The molecule has 1 aliphatic heterocycles. The molecule has 0 bridgehead atoms. The first-order valence-electron chi connectivity index (χ1n) is 7.79. The highest BCUT2D eigenvalue weighted by Gasteiger charge is 2.21. The highest BCUT2D eigenvalue weighted by atomic mass is 32.2. The van der Waals surface area contributed by atoms with Crippen LogP contribution in [0.4, 0.5) is 5.69 Å². The van der Waals surface area contributed by atoms with E-state index in [1.807, 2.05) is 0 Å². The number of carbonyl (C=O) groups is 2. The predicted molar refractivity (Wildman–Crippen MR) is 89.5 cm³/mol. The number of anilines is 1. The normalized spacial score (nSPS) is 18.7. The number of benzene rings is 1. The zero-order valence-corrected chi connectivity index (χ0v) is 14.8. The number of amides is 1. The van der Waals surface area contributed by atoms with Crippen molar-refractivity contribution in [1.29, 1.82) is 0 Å². The van der Waals surface area contributed by atoms with Gasteiger partial charge in [0.1, 0.15) is 6.10 Å². The smallest absolute Gasteiger partial charge is 0.335 e. The van der Waals surface area contributed by atoms with Crippen LogP contribution in [0.15, 0.2) is 23.1 Å². The molecule has 1 aliphatic rings. The van der Waals surface area contributed by atoms with Crippen molar-refractivity contribution in [2.75, 3.05) is 24.8 Å². The van der Waals surface area contributed by atoms with Gasteiger partial charge in [0.05, 0.1) is 23.2 Å². The molecule has 9 heteroatoms. The molecular weight excluding hydrogens is 350 g/mol. The standard InChI is InChI=1S/C16H21NO7S/c1-10(24-9-13-4-3-5-23-13)15(18)17-12-6-11(16(19)20)7-14(8-12)25(2,21)22/h6-8,10,13H,3-5,9H2,1-2H3,(H,17,18)(H,19,20). The lowest BCUT2D eigenvalue weighted by Crippen LogP contribution is -2.30. The van der Waals surface area contributed by atoms with E-state index in [0.29, 0.717) is 13.2 Å². The Morgan fingerprint density at radius 2 is 2.12 bits per heavy atom. The van der Waals surface area contributed by atoms with Gasteiger partial charge in [-0.05, 0) is 38.0 Å². The van der Waals surface area contributed by atoms with E-state index in [-0.39, 0.29) is 22.3 Å². The summed E-state index contributed by atoms with van der Waals surface area (Å²) in [5.41, 5.74) is -0.149. The third-order valence-electron chi connectivity index (χ3n) is 3.77. The van der Waals surface area contributed by atoms with E-state index in [1.165, 1.54) is 12.1 Å². The minimum Gasteiger partial charge on any atom is -0.478 e. The van der Waals surface area contributed by atoms with Gasteiger partial charge in [0.25, 0.3) is 5.91 Å². The molecule has 1 fully saturated rings. The van der Waals surface area contributed by atoms with E-state index in [1.54, 1.807) is 6.92 Å². The summed E-state index contributed by atoms with van der Waals surface area (Å²) in [7, 11) is -3.62. The van der Waals surface area contributed by atoms with E-state index in [0.717, 1.165) is 25.2 Å². The largest absolute Gasteiger partial charge is 0.478 e. The van der Waals surface area contributed by atoms with Gasteiger partial charge in [-0.15, -0.1) is 0 Å². The minimum atomic E-state index is -3.62.